The van der Waals surface area contributed by atoms with Gasteiger partial charge in [0.1, 0.15) is 17.5 Å². The molecule has 2 aromatic heterocycles. The molecule has 35 heavy (non-hydrogen) atoms. The number of aromatic nitrogens is 4. The first-order valence-corrected chi connectivity index (χ1v) is 11.1. The molecule has 0 radical (unpaired) electrons. The third kappa shape index (κ3) is 4.26. The molecule has 0 aliphatic heterocycles. The number of hydrogen-bond donors (Lipinski definition) is 1. The second-order valence-corrected chi connectivity index (χ2v) is 8.66. The van der Waals surface area contributed by atoms with Crippen LogP contribution in [-0.2, 0) is 18.9 Å². The molecule has 0 saturated heterocycles. The van der Waals surface area contributed by atoms with Crippen molar-refractivity contribution in [3.8, 4) is 11.5 Å². The molecule has 0 aliphatic rings. The first kappa shape index (κ1) is 24.4. The maximum atomic E-state index is 13.0. The van der Waals surface area contributed by atoms with Crippen LogP contribution in [0.1, 0.15) is 13.0 Å². The molecule has 10 nitrogen and oxygen atoms in total. The number of benzene rings is 2. The third-order valence-electron chi connectivity index (χ3n) is 5.60. The van der Waals surface area contributed by atoms with Crippen molar-refractivity contribution in [3.05, 3.63) is 85.7 Å². The van der Waals surface area contributed by atoms with Crippen LogP contribution in [0.5, 0.6) is 11.5 Å². The highest BCUT2D eigenvalue weighted by atomic mass is 35.5. The average molecular weight is 519 g/mol. The summed E-state index contributed by atoms with van der Waals surface area (Å²) in [6.45, 7) is 1.51. The lowest BCUT2D eigenvalue weighted by molar-refractivity contribution is -0.196. The van der Waals surface area contributed by atoms with Crippen molar-refractivity contribution < 1.29 is 19.4 Å². The highest BCUT2D eigenvalue weighted by molar-refractivity contribution is 6.30. The molecule has 1 atom stereocenters. The van der Waals surface area contributed by atoms with E-state index in [0.29, 0.717) is 10.0 Å². The predicted molar refractivity (Wildman–Crippen MR) is 129 cm³/mol. The minimum absolute atomic E-state index is 0.00661. The van der Waals surface area contributed by atoms with E-state index in [0.717, 1.165) is 4.57 Å². The van der Waals surface area contributed by atoms with Gasteiger partial charge in [-0.3, -0.25) is 13.9 Å². The van der Waals surface area contributed by atoms with Gasteiger partial charge in [0.25, 0.3) is 5.56 Å². The van der Waals surface area contributed by atoms with Gasteiger partial charge in [-0.2, -0.15) is 0 Å². The summed E-state index contributed by atoms with van der Waals surface area (Å²) < 4.78 is 15.4. The van der Waals surface area contributed by atoms with Gasteiger partial charge in [0.05, 0.1) is 6.33 Å². The molecule has 1 unspecified atom stereocenters. The third-order valence-corrected chi connectivity index (χ3v) is 6.11. The summed E-state index contributed by atoms with van der Waals surface area (Å²) in [5, 5.41) is 11.3. The smallest absolute Gasteiger partial charge is 0.392 e. The number of nitrogens with zero attached hydrogens (tertiary/aromatic N) is 4. The van der Waals surface area contributed by atoms with Crippen LogP contribution in [0.25, 0.3) is 11.2 Å². The van der Waals surface area contributed by atoms with Crippen molar-refractivity contribution in [1.82, 2.24) is 18.7 Å². The highest BCUT2D eigenvalue weighted by Crippen LogP contribution is 2.34. The topological polar surface area (TPSA) is 118 Å². The Kier molecular flexibility index (Phi) is 6.35. The fraction of sp³-hybridized carbons (Fsp3) is 0.217. The Morgan fingerprint density at radius 2 is 1.43 bits per heavy atom. The number of aliphatic carboxylic acids is 1. The number of hydrogen-bond acceptors (Lipinski definition) is 6. The van der Waals surface area contributed by atoms with Crippen molar-refractivity contribution in [2.24, 2.45) is 14.1 Å². The largest absolute Gasteiger partial charge is 0.475 e. The van der Waals surface area contributed by atoms with E-state index in [9.17, 15) is 19.5 Å². The zero-order chi connectivity index (χ0) is 25.5. The molecule has 1 N–H and O–H groups in total. The van der Waals surface area contributed by atoms with Gasteiger partial charge in [0.2, 0.25) is 0 Å². The van der Waals surface area contributed by atoms with E-state index in [1.165, 1.54) is 85.0 Å². The summed E-state index contributed by atoms with van der Waals surface area (Å²) in [5.41, 5.74) is -1.13. The molecule has 2 aromatic carbocycles. The minimum atomic E-state index is -2.38. The molecule has 0 saturated carbocycles. The van der Waals surface area contributed by atoms with E-state index in [-0.39, 0.29) is 22.7 Å². The summed E-state index contributed by atoms with van der Waals surface area (Å²) >= 11 is 11.9. The quantitative estimate of drug-likeness (QED) is 0.373. The molecule has 2 heterocycles. The van der Waals surface area contributed by atoms with Crippen molar-refractivity contribution in [1.29, 1.82) is 0 Å². The van der Waals surface area contributed by atoms with E-state index in [1.54, 1.807) is 0 Å². The Bertz CT molecular complexity index is 1480. The van der Waals surface area contributed by atoms with Gasteiger partial charge in [-0.25, -0.2) is 14.6 Å². The summed E-state index contributed by atoms with van der Waals surface area (Å²) in [6, 6.07) is 11.0. The maximum Gasteiger partial charge on any atom is 0.392 e. The number of carbonyl (C=O) groups is 1. The SMILES string of the molecule is CC(n1cnc2c1c(=O)n(C)c(=O)n2C)C(Oc1ccc(Cl)cc1)(Oc1ccc(Cl)cc1)C(=O)O. The molecule has 0 aliphatic carbocycles. The van der Waals surface area contributed by atoms with Crippen molar-refractivity contribution in [2.75, 3.05) is 0 Å². The van der Waals surface area contributed by atoms with E-state index in [1.807, 2.05) is 0 Å². The second-order valence-electron chi connectivity index (χ2n) is 7.79. The lowest BCUT2D eigenvalue weighted by atomic mass is 10.1. The molecule has 182 valence electrons. The number of rotatable bonds is 7. The van der Waals surface area contributed by atoms with Crippen LogP contribution in [-0.4, -0.2) is 35.5 Å². The van der Waals surface area contributed by atoms with Crippen LogP contribution in [0.3, 0.4) is 0 Å². The van der Waals surface area contributed by atoms with Gasteiger partial charge >= 0.3 is 17.4 Å². The highest BCUT2D eigenvalue weighted by Gasteiger charge is 2.52. The maximum absolute atomic E-state index is 13.0. The summed E-state index contributed by atoms with van der Waals surface area (Å²) in [6.07, 6.45) is 1.27. The van der Waals surface area contributed by atoms with Crippen LogP contribution in [0.4, 0.5) is 0 Å². The Balaban J connectivity index is 1.94. The lowest BCUT2D eigenvalue weighted by Crippen LogP contribution is -2.56. The van der Waals surface area contributed by atoms with E-state index in [2.05, 4.69) is 4.98 Å². The minimum Gasteiger partial charge on any atom is -0.475 e. The Hall–Kier alpha value is -3.76. The van der Waals surface area contributed by atoms with Gasteiger partial charge in [-0.05, 0) is 55.5 Å². The molecule has 0 bridgehead atoms. The molecule has 0 amide bonds. The van der Waals surface area contributed by atoms with Crippen molar-refractivity contribution >= 4 is 40.3 Å². The fourth-order valence-corrected chi connectivity index (χ4v) is 3.91. The Labute approximate surface area is 208 Å². The van der Waals surface area contributed by atoms with Crippen LogP contribution in [0.2, 0.25) is 10.0 Å². The lowest BCUT2D eigenvalue weighted by Gasteiger charge is -2.36. The zero-order valence-corrected chi connectivity index (χ0v) is 20.3. The average Bonchev–Trinajstić information content (AvgIpc) is 3.28. The number of halogens is 2. The zero-order valence-electron chi connectivity index (χ0n) is 18.8. The molecule has 4 rings (SSSR count). The monoisotopic (exact) mass is 518 g/mol. The number of aryl methyl sites for hydroxylation is 1. The Morgan fingerprint density at radius 1 is 0.943 bits per heavy atom. The molecular weight excluding hydrogens is 499 g/mol. The fourth-order valence-electron chi connectivity index (χ4n) is 3.65. The predicted octanol–water partition coefficient (Wildman–Crippen LogP) is 3.24. The number of fused-ring (bicyclic) bond motifs is 1. The number of carboxylic acids is 1. The molecule has 0 spiro atoms. The molecule has 4 aromatic rings. The van der Waals surface area contributed by atoms with Crippen LogP contribution in [0.15, 0.2) is 64.4 Å². The first-order chi connectivity index (χ1) is 16.5. The second kappa shape index (κ2) is 9.12. The van der Waals surface area contributed by atoms with Gasteiger partial charge in [0.15, 0.2) is 11.2 Å². The van der Waals surface area contributed by atoms with Gasteiger partial charge in [0, 0.05) is 24.1 Å². The molecule has 0 fully saturated rings. The normalized spacial score (nSPS) is 12.5. The number of carboxylic acid groups (broad SMARTS) is 1. The summed E-state index contributed by atoms with van der Waals surface area (Å²) in [5.74, 6) is -3.54. The number of imidazole rings is 1. The Morgan fingerprint density at radius 3 is 1.89 bits per heavy atom. The molecular formula is C23H20Cl2N4O6. The summed E-state index contributed by atoms with van der Waals surface area (Å²) in [4.78, 5) is 42.4. The van der Waals surface area contributed by atoms with Crippen molar-refractivity contribution in [3.63, 3.8) is 0 Å². The van der Waals surface area contributed by atoms with Crippen LogP contribution < -0.4 is 20.7 Å². The van der Waals surface area contributed by atoms with Gasteiger partial charge in [-0.15, -0.1) is 0 Å². The van der Waals surface area contributed by atoms with Crippen LogP contribution >= 0.6 is 23.2 Å². The van der Waals surface area contributed by atoms with Crippen LogP contribution in [0, 0.1) is 0 Å². The van der Waals surface area contributed by atoms with E-state index in [4.69, 9.17) is 32.7 Å². The molecule has 12 heteroatoms. The number of ether oxygens (including phenoxy) is 2. The standard InChI is InChI=1S/C23H20Cl2N4O6/c1-13(29-12-26-19-18(29)20(30)28(3)22(33)27(19)2)23(21(31)32,34-16-8-4-14(24)5-9-16)35-17-10-6-15(25)7-11-17/h4-13H,1-3H3,(H,31,32). The first-order valence-electron chi connectivity index (χ1n) is 10.3. The van der Waals surface area contributed by atoms with Gasteiger partial charge < -0.3 is 19.1 Å². The summed E-state index contributed by atoms with van der Waals surface area (Å²) in [7, 11) is 2.79. The van der Waals surface area contributed by atoms with E-state index >= 15 is 0 Å². The van der Waals surface area contributed by atoms with Crippen molar-refractivity contribution in [2.45, 2.75) is 18.8 Å². The van der Waals surface area contributed by atoms with Gasteiger partial charge in [-0.1, -0.05) is 23.2 Å². The van der Waals surface area contributed by atoms with E-state index < -0.39 is 29.0 Å².